The van der Waals surface area contributed by atoms with Gasteiger partial charge in [-0.25, -0.2) is 0 Å². The molecule has 2 saturated heterocycles. The summed E-state index contributed by atoms with van der Waals surface area (Å²) in [6, 6.07) is 3.92. The molecule has 2 aliphatic heterocycles. The van der Waals surface area contributed by atoms with E-state index in [9.17, 15) is 4.79 Å². The van der Waals surface area contributed by atoms with Crippen LogP contribution in [0.15, 0.2) is 22.8 Å². The Morgan fingerprint density at radius 1 is 1.20 bits per heavy atom. The van der Waals surface area contributed by atoms with Gasteiger partial charge in [-0.05, 0) is 25.0 Å². The summed E-state index contributed by atoms with van der Waals surface area (Å²) < 4.78 is 10.7. The maximum Gasteiger partial charge on any atom is 0.225 e. The second-order valence-electron chi connectivity index (χ2n) is 5.57. The van der Waals surface area contributed by atoms with Crippen molar-refractivity contribution >= 4 is 5.91 Å². The highest BCUT2D eigenvalue weighted by molar-refractivity contribution is 5.79. The van der Waals surface area contributed by atoms with Gasteiger partial charge in [0.15, 0.2) is 0 Å². The monoisotopic (exact) mass is 278 g/mol. The zero-order valence-corrected chi connectivity index (χ0v) is 11.8. The number of carbonyl (C=O) groups excluding carboxylic acids is 1. The van der Waals surface area contributed by atoms with Gasteiger partial charge < -0.3 is 14.1 Å². The molecule has 0 atom stereocenters. The maximum absolute atomic E-state index is 12.4. The Kier molecular flexibility index (Phi) is 4.38. The van der Waals surface area contributed by atoms with Crippen LogP contribution in [0.4, 0.5) is 0 Å². The van der Waals surface area contributed by atoms with Crippen LogP contribution in [0.3, 0.4) is 0 Å². The van der Waals surface area contributed by atoms with Crippen LogP contribution in [-0.4, -0.2) is 55.1 Å². The van der Waals surface area contributed by atoms with E-state index < -0.39 is 0 Å². The first-order valence-electron chi connectivity index (χ1n) is 7.44. The van der Waals surface area contributed by atoms with Gasteiger partial charge in [0.25, 0.3) is 0 Å². The molecule has 0 bridgehead atoms. The van der Waals surface area contributed by atoms with E-state index in [1.54, 1.807) is 6.26 Å². The van der Waals surface area contributed by atoms with Crippen molar-refractivity contribution in [2.45, 2.75) is 19.4 Å². The molecule has 1 aromatic heterocycles. The third-order valence-corrected chi connectivity index (χ3v) is 4.21. The van der Waals surface area contributed by atoms with Crippen LogP contribution in [0.1, 0.15) is 18.6 Å². The summed E-state index contributed by atoms with van der Waals surface area (Å²) in [5.74, 6) is 1.50. The lowest BCUT2D eigenvalue weighted by Gasteiger charge is -2.36. The zero-order chi connectivity index (χ0) is 13.8. The lowest BCUT2D eigenvalue weighted by Crippen LogP contribution is -2.50. The van der Waals surface area contributed by atoms with Crippen LogP contribution >= 0.6 is 0 Å². The highest BCUT2D eigenvalue weighted by atomic mass is 16.5. The van der Waals surface area contributed by atoms with Crippen molar-refractivity contribution in [2.75, 3.05) is 39.4 Å². The Labute approximate surface area is 119 Å². The molecule has 0 radical (unpaired) electrons. The molecule has 0 aliphatic carbocycles. The summed E-state index contributed by atoms with van der Waals surface area (Å²) >= 11 is 0. The third-order valence-electron chi connectivity index (χ3n) is 4.21. The molecule has 0 N–H and O–H groups in total. The number of carbonyl (C=O) groups is 1. The molecule has 3 heterocycles. The molecule has 0 unspecified atom stereocenters. The van der Waals surface area contributed by atoms with Crippen molar-refractivity contribution in [3.8, 4) is 0 Å². The normalized spacial score (nSPS) is 22.1. The average Bonchev–Trinajstić information content (AvgIpc) is 3.01. The smallest absolute Gasteiger partial charge is 0.225 e. The predicted octanol–water partition coefficient (Wildman–Crippen LogP) is 1.35. The van der Waals surface area contributed by atoms with Crippen molar-refractivity contribution in [1.29, 1.82) is 0 Å². The Bertz CT molecular complexity index is 418. The van der Waals surface area contributed by atoms with Gasteiger partial charge in [-0.3, -0.25) is 9.69 Å². The molecular weight excluding hydrogens is 256 g/mol. The number of amides is 1. The Balaban J connectivity index is 1.46. The van der Waals surface area contributed by atoms with E-state index in [4.69, 9.17) is 9.15 Å². The van der Waals surface area contributed by atoms with Gasteiger partial charge in [0.2, 0.25) is 5.91 Å². The highest BCUT2D eigenvalue weighted by Gasteiger charge is 2.28. The molecule has 5 nitrogen and oxygen atoms in total. The second kappa shape index (κ2) is 6.41. The molecule has 3 rings (SSSR count). The van der Waals surface area contributed by atoms with Gasteiger partial charge in [-0.15, -0.1) is 0 Å². The molecule has 1 aromatic rings. The average molecular weight is 278 g/mol. The first-order valence-corrected chi connectivity index (χ1v) is 7.44. The van der Waals surface area contributed by atoms with E-state index in [1.165, 1.54) is 0 Å². The summed E-state index contributed by atoms with van der Waals surface area (Å²) in [4.78, 5) is 16.8. The van der Waals surface area contributed by atoms with Crippen molar-refractivity contribution in [2.24, 2.45) is 5.92 Å². The van der Waals surface area contributed by atoms with Crippen molar-refractivity contribution in [1.82, 2.24) is 9.80 Å². The van der Waals surface area contributed by atoms with Crippen LogP contribution in [0.5, 0.6) is 0 Å². The summed E-state index contributed by atoms with van der Waals surface area (Å²) in [5.41, 5.74) is 0. The molecule has 110 valence electrons. The number of rotatable bonds is 3. The second-order valence-corrected chi connectivity index (χ2v) is 5.57. The third kappa shape index (κ3) is 3.22. The quantitative estimate of drug-likeness (QED) is 0.837. The lowest BCUT2D eigenvalue weighted by molar-refractivity contribution is -0.140. The minimum Gasteiger partial charge on any atom is -0.468 e. The molecule has 2 fully saturated rings. The summed E-state index contributed by atoms with van der Waals surface area (Å²) in [6.07, 6.45) is 3.47. The molecule has 0 spiro atoms. The van der Waals surface area contributed by atoms with Crippen molar-refractivity contribution in [3.05, 3.63) is 24.2 Å². The van der Waals surface area contributed by atoms with Crippen LogP contribution in [-0.2, 0) is 16.1 Å². The first-order chi connectivity index (χ1) is 9.83. The van der Waals surface area contributed by atoms with Gasteiger partial charge >= 0.3 is 0 Å². The minimum atomic E-state index is 0.181. The van der Waals surface area contributed by atoms with Crippen LogP contribution in [0.2, 0.25) is 0 Å². The largest absolute Gasteiger partial charge is 0.468 e. The molecule has 0 aromatic carbocycles. The van der Waals surface area contributed by atoms with E-state index in [0.29, 0.717) is 5.91 Å². The molecule has 1 amide bonds. The fourth-order valence-corrected chi connectivity index (χ4v) is 2.95. The van der Waals surface area contributed by atoms with Crippen LogP contribution in [0, 0.1) is 5.92 Å². The number of hydrogen-bond donors (Lipinski definition) is 0. The lowest BCUT2D eigenvalue weighted by atomic mass is 9.98. The van der Waals surface area contributed by atoms with E-state index in [1.807, 2.05) is 17.0 Å². The summed E-state index contributed by atoms with van der Waals surface area (Å²) in [7, 11) is 0. The van der Waals surface area contributed by atoms with Crippen LogP contribution in [0.25, 0.3) is 0 Å². The number of ether oxygens (including phenoxy) is 1. The van der Waals surface area contributed by atoms with Crippen molar-refractivity contribution < 1.29 is 13.9 Å². The number of piperazine rings is 1. The standard InChI is InChI=1S/C15H22N2O3/c18-15(13-3-10-19-11-4-13)17-7-5-16(6-8-17)12-14-2-1-9-20-14/h1-2,9,13H,3-8,10-12H2. The fourth-order valence-electron chi connectivity index (χ4n) is 2.95. The van der Waals surface area contributed by atoms with E-state index in [-0.39, 0.29) is 5.92 Å². The molecule has 0 saturated carbocycles. The number of furan rings is 1. The Morgan fingerprint density at radius 3 is 2.60 bits per heavy atom. The fraction of sp³-hybridized carbons (Fsp3) is 0.667. The van der Waals surface area contributed by atoms with Gasteiger partial charge in [-0.1, -0.05) is 0 Å². The first kappa shape index (κ1) is 13.6. The number of hydrogen-bond acceptors (Lipinski definition) is 4. The van der Waals surface area contributed by atoms with Crippen LogP contribution < -0.4 is 0 Å². The van der Waals surface area contributed by atoms with Gasteiger partial charge in [0, 0.05) is 45.3 Å². The van der Waals surface area contributed by atoms with E-state index >= 15 is 0 Å². The Hall–Kier alpha value is -1.33. The molecule has 20 heavy (non-hydrogen) atoms. The topological polar surface area (TPSA) is 45.9 Å². The SMILES string of the molecule is O=C(C1CCOCC1)N1CCN(Cc2ccco2)CC1. The van der Waals surface area contributed by atoms with E-state index in [2.05, 4.69) is 4.90 Å². The Morgan fingerprint density at radius 2 is 1.95 bits per heavy atom. The predicted molar refractivity (Wildman–Crippen MR) is 74.1 cm³/mol. The summed E-state index contributed by atoms with van der Waals surface area (Å²) in [5, 5.41) is 0. The van der Waals surface area contributed by atoms with Gasteiger partial charge in [-0.2, -0.15) is 0 Å². The molecule has 5 heteroatoms. The summed E-state index contributed by atoms with van der Waals surface area (Å²) in [6.45, 7) is 5.81. The minimum absolute atomic E-state index is 0.181. The van der Waals surface area contributed by atoms with E-state index in [0.717, 1.165) is 64.5 Å². The van der Waals surface area contributed by atoms with Gasteiger partial charge in [0.1, 0.15) is 5.76 Å². The van der Waals surface area contributed by atoms with Crippen molar-refractivity contribution in [3.63, 3.8) is 0 Å². The molecule has 2 aliphatic rings. The highest BCUT2D eigenvalue weighted by Crippen LogP contribution is 2.19. The maximum atomic E-state index is 12.4. The van der Waals surface area contributed by atoms with Gasteiger partial charge in [0.05, 0.1) is 12.8 Å². The molecular formula is C15H22N2O3. The zero-order valence-electron chi connectivity index (χ0n) is 11.8. The number of nitrogens with zero attached hydrogens (tertiary/aromatic N) is 2.